The molecule has 24 heavy (non-hydrogen) atoms. The molecule has 3 rings (SSSR count). The van der Waals surface area contributed by atoms with E-state index in [4.69, 9.17) is 4.74 Å². The van der Waals surface area contributed by atoms with Gasteiger partial charge in [0.25, 0.3) is 0 Å². The first-order valence-electron chi connectivity index (χ1n) is 8.00. The number of carbonyl (C=O) groups excluding carboxylic acids is 1. The number of pyridine rings is 1. The van der Waals surface area contributed by atoms with Gasteiger partial charge in [-0.3, -0.25) is 0 Å². The van der Waals surface area contributed by atoms with Gasteiger partial charge in [0.05, 0.1) is 24.2 Å². The first-order chi connectivity index (χ1) is 11.7. The molecule has 5 heteroatoms. The maximum atomic E-state index is 11.6. The Labute approximate surface area is 141 Å². The van der Waals surface area contributed by atoms with Crippen molar-refractivity contribution >= 4 is 17.5 Å². The van der Waals surface area contributed by atoms with Gasteiger partial charge in [-0.1, -0.05) is 25.0 Å². The van der Waals surface area contributed by atoms with Crippen LogP contribution in [0.4, 0.5) is 11.5 Å². The number of carbonyl (C=O) groups is 1. The summed E-state index contributed by atoms with van der Waals surface area (Å²) in [5.41, 5.74) is 2.05. The zero-order valence-corrected chi connectivity index (χ0v) is 13.6. The van der Waals surface area contributed by atoms with Gasteiger partial charge in [-0.15, -0.1) is 0 Å². The Balaban J connectivity index is 1.78. The summed E-state index contributed by atoms with van der Waals surface area (Å²) in [5, 5.41) is 12.7. The molecular weight excluding hydrogens is 302 g/mol. The Hall–Kier alpha value is -2.87. The Kier molecular flexibility index (Phi) is 4.48. The molecule has 1 aromatic heterocycles. The van der Waals surface area contributed by atoms with Crippen molar-refractivity contribution < 1.29 is 9.53 Å². The second-order valence-electron chi connectivity index (χ2n) is 6.02. The van der Waals surface area contributed by atoms with Crippen molar-refractivity contribution in [1.29, 1.82) is 5.26 Å². The maximum Gasteiger partial charge on any atom is 0.338 e. The average Bonchev–Trinajstić information content (AvgIpc) is 3.12. The van der Waals surface area contributed by atoms with Crippen LogP contribution in [0.1, 0.15) is 41.6 Å². The molecule has 122 valence electrons. The van der Waals surface area contributed by atoms with Crippen LogP contribution < -0.4 is 5.32 Å². The van der Waals surface area contributed by atoms with Gasteiger partial charge >= 0.3 is 5.97 Å². The van der Waals surface area contributed by atoms with Gasteiger partial charge in [-0.25, -0.2) is 9.78 Å². The van der Waals surface area contributed by atoms with Crippen LogP contribution in [0.2, 0.25) is 0 Å². The van der Waals surface area contributed by atoms with Crippen molar-refractivity contribution in [1.82, 2.24) is 4.98 Å². The molecule has 1 heterocycles. The lowest BCUT2D eigenvalue weighted by atomic mass is 9.80. The van der Waals surface area contributed by atoms with Crippen LogP contribution >= 0.6 is 0 Å². The molecule has 1 N–H and O–H groups in total. The minimum Gasteiger partial charge on any atom is -0.465 e. The van der Waals surface area contributed by atoms with Crippen LogP contribution in [0.5, 0.6) is 0 Å². The summed E-state index contributed by atoms with van der Waals surface area (Å²) in [5.74, 6) is 0.175. The average molecular weight is 321 g/mol. The Morgan fingerprint density at radius 3 is 2.58 bits per heavy atom. The molecule has 0 bridgehead atoms. The molecule has 1 saturated carbocycles. The van der Waals surface area contributed by atoms with E-state index >= 15 is 0 Å². The lowest BCUT2D eigenvalue weighted by Gasteiger charge is -2.21. The number of aromatic nitrogens is 1. The van der Waals surface area contributed by atoms with Crippen molar-refractivity contribution in [2.24, 2.45) is 0 Å². The van der Waals surface area contributed by atoms with E-state index in [-0.39, 0.29) is 5.41 Å². The van der Waals surface area contributed by atoms with E-state index in [1.54, 1.807) is 18.3 Å². The summed E-state index contributed by atoms with van der Waals surface area (Å²) < 4.78 is 4.71. The number of nitrogens with one attached hydrogen (secondary N) is 1. The summed E-state index contributed by atoms with van der Waals surface area (Å²) in [4.78, 5) is 15.8. The maximum absolute atomic E-state index is 11.6. The highest BCUT2D eigenvalue weighted by atomic mass is 16.5. The highest BCUT2D eigenvalue weighted by Crippen LogP contribution is 2.40. The summed E-state index contributed by atoms with van der Waals surface area (Å²) in [7, 11) is 1.35. The molecule has 1 fully saturated rings. The highest BCUT2D eigenvalue weighted by Gasteiger charge is 2.35. The fraction of sp³-hybridized carbons (Fsp3) is 0.316. The molecule has 1 aliphatic rings. The quantitative estimate of drug-likeness (QED) is 0.863. The topological polar surface area (TPSA) is 75.0 Å². The van der Waals surface area contributed by atoms with Crippen LogP contribution in [0.25, 0.3) is 0 Å². The third-order valence-electron chi connectivity index (χ3n) is 4.56. The Morgan fingerprint density at radius 1 is 1.25 bits per heavy atom. The van der Waals surface area contributed by atoms with Gasteiger partial charge in [-0.2, -0.15) is 5.26 Å². The Bertz CT molecular complexity index is 772. The molecule has 1 aliphatic carbocycles. The largest absolute Gasteiger partial charge is 0.465 e. The number of rotatable bonds is 4. The molecular formula is C19H19N3O2. The van der Waals surface area contributed by atoms with E-state index < -0.39 is 5.97 Å². The van der Waals surface area contributed by atoms with Gasteiger partial charge in [-0.05, 0) is 42.7 Å². The number of nitriles is 1. The van der Waals surface area contributed by atoms with Crippen molar-refractivity contribution in [3.8, 4) is 6.07 Å². The van der Waals surface area contributed by atoms with E-state index in [9.17, 15) is 10.1 Å². The molecule has 5 nitrogen and oxygen atoms in total. The molecule has 0 atom stereocenters. The number of hydrogen-bond donors (Lipinski definition) is 1. The molecule has 1 aromatic carbocycles. The van der Waals surface area contributed by atoms with Gasteiger partial charge < -0.3 is 10.1 Å². The van der Waals surface area contributed by atoms with Gasteiger partial charge in [0.15, 0.2) is 0 Å². The standard InChI is InChI=1S/C19H19N3O2/c1-24-18(23)14-8-11-21-17(12-14)22-16-6-4-15(5-7-16)19(13-20)9-2-3-10-19/h4-8,11-12H,2-3,9-10H2,1H3,(H,21,22). The molecule has 0 unspecified atom stereocenters. The summed E-state index contributed by atoms with van der Waals surface area (Å²) >= 11 is 0. The minimum absolute atomic E-state index is 0.332. The van der Waals surface area contributed by atoms with Crippen molar-refractivity contribution in [3.63, 3.8) is 0 Å². The minimum atomic E-state index is -0.395. The van der Waals surface area contributed by atoms with E-state index in [0.29, 0.717) is 11.4 Å². The first kappa shape index (κ1) is 16.0. The number of nitrogens with zero attached hydrogens (tertiary/aromatic N) is 2. The van der Waals surface area contributed by atoms with Crippen LogP contribution in [0.3, 0.4) is 0 Å². The normalized spacial score (nSPS) is 15.5. The summed E-state index contributed by atoms with van der Waals surface area (Å²) in [6, 6.07) is 13.6. The lowest BCUT2D eigenvalue weighted by molar-refractivity contribution is 0.0600. The van der Waals surface area contributed by atoms with E-state index in [0.717, 1.165) is 36.9 Å². The lowest BCUT2D eigenvalue weighted by Crippen LogP contribution is -2.19. The number of methoxy groups -OCH3 is 1. The number of anilines is 2. The van der Waals surface area contributed by atoms with Crippen molar-refractivity contribution in [2.45, 2.75) is 31.1 Å². The molecule has 0 aliphatic heterocycles. The number of hydrogen-bond acceptors (Lipinski definition) is 5. The zero-order chi connectivity index (χ0) is 17.0. The molecule has 0 radical (unpaired) electrons. The number of benzene rings is 1. The van der Waals surface area contributed by atoms with Crippen LogP contribution in [-0.4, -0.2) is 18.1 Å². The monoisotopic (exact) mass is 321 g/mol. The van der Waals surface area contributed by atoms with Crippen LogP contribution in [0.15, 0.2) is 42.6 Å². The highest BCUT2D eigenvalue weighted by molar-refractivity contribution is 5.90. The van der Waals surface area contributed by atoms with Gasteiger partial charge in [0.1, 0.15) is 5.82 Å². The van der Waals surface area contributed by atoms with Crippen LogP contribution in [-0.2, 0) is 10.2 Å². The second kappa shape index (κ2) is 6.71. The molecule has 0 spiro atoms. The van der Waals surface area contributed by atoms with E-state index in [1.165, 1.54) is 7.11 Å². The predicted molar refractivity (Wildman–Crippen MR) is 91.1 cm³/mol. The third-order valence-corrected chi connectivity index (χ3v) is 4.56. The second-order valence-corrected chi connectivity index (χ2v) is 6.02. The smallest absolute Gasteiger partial charge is 0.338 e. The SMILES string of the molecule is COC(=O)c1ccnc(Nc2ccc(C3(C#N)CCCC3)cc2)c1. The summed E-state index contributed by atoms with van der Waals surface area (Å²) in [6.07, 6.45) is 5.64. The predicted octanol–water partition coefficient (Wildman–Crippen LogP) is 3.95. The summed E-state index contributed by atoms with van der Waals surface area (Å²) in [6.45, 7) is 0. The van der Waals surface area contributed by atoms with Crippen LogP contribution in [0, 0.1) is 11.3 Å². The third kappa shape index (κ3) is 3.09. The fourth-order valence-electron chi connectivity index (χ4n) is 3.21. The molecule has 0 amide bonds. The van der Waals surface area contributed by atoms with Crippen molar-refractivity contribution in [3.05, 3.63) is 53.7 Å². The molecule has 0 saturated heterocycles. The number of ether oxygens (including phenoxy) is 1. The van der Waals surface area contributed by atoms with Gasteiger partial charge in [0.2, 0.25) is 0 Å². The Morgan fingerprint density at radius 2 is 1.96 bits per heavy atom. The zero-order valence-electron chi connectivity index (χ0n) is 13.6. The van der Waals surface area contributed by atoms with Gasteiger partial charge in [0, 0.05) is 11.9 Å². The molecule has 2 aromatic rings. The van der Waals surface area contributed by atoms with E-state index in [2.05, 4.69) is 16.4 Å². The van der Waals surface area contributed by atoms with Crippen molar-refractivity contribution in [2.75, 3.05) is 12.4 Å². The fourth-order valence-corrected chi connectivity index (χ4v) is 3.21. The first-order valence-corrected chi connectivity index (χ1v) is 8.00. The number of esters is 1. The van der Waals surface area contributed by atoms with E-state index in [1.807, 2.05) is 24.3 Å².